The van der Waals surface area contributed by atoms with E-state index < -0.39 is 23.6 Å². The molecule has 104 valence electrons. The second kappa shape index (κ2) is 6.09. The van der Waals surface area contributed by atoms with Gasteiger partial charge < -0.3 is 5.32 Å². The number of hydrogen-bond acceptors (Lipinski definition) is 2. The minimum atomic E-state index is -0.796. The van der Waals surface area contributed by atoms with Crippen LogP contribution in [0.2, 0.25) is 0 Å². The van der Waals surface area contributed by atoms with Crippen LogP contribution in [0.15, 0.2) is 41.1 Å². The van der Waals surface area contributed by atoms with Crippen molar-refractivity contribution < 1.29 is 13.6 Å². The van der Waals surface area contributed by atoms with Crippen LogP contribution < -0.4 is 5.32 Å². The van der Waals surface area contributed by atoms with Crippen molar-refractivity contribution in [3.63, 3.8) is 0 Å². The normalized spacial score (nSPS) is 12.0. The number of rotatable bonds is 3. The van der Waals surface area contributed by atoms with Gasteiger partial charge in [0.1, 0.15) is 16.2 Å². The molecule has 0 radical (unpaired) electrons. The Hall–Kier alpha value is -1.82. The van der Waals surface area contributed by atoms with Crippen molar-refractivity contribution in [3.05, 3.63) is 63.9 Å². The van der Waals surface area contributed by atoms with Crippen molar-refractivity contribution in [3.8, 4) is 0 Å². The molecular formula is C14H11BrF2N2O. The number of carbonyl (C=O) groups excluding carboxylic acids is 1. The second-order valence-electron chi connectivity index (χ2n) is 4.17. The summed E-state index contributed by atoms with van der Waals surface area (Å²) in [5, 5.41) is 2.55. The second-order valence-corrected chi connectivity index (χ2v) is 4.92. The first-order valence-corrected chi connectivity index (χ1v) is 6.65. The highest BCUT2D eigenvalue weighted by Crippen LogP contribution is 2.21. The van der Waals surface area contributed by atoms with Gasteiger partial charge in [-0.05, 0) is 47.1 Å². The number of hydrogen-bond donors (Lipinski definition) is 1. The predicted octanol–water partition coefficient (Wildman–Crippen LogP) is 3.61. The highest BCUT2D eigenvalue weighted by atomic mass is 79.9. The van der Waals surface area contributed by atoms with Gasteiger partial charge in [-0.3, -0.25) is 4.79 Å². The van der Waals surface area contributed by atoms with E-state index in [4.69, 9.17) is 0 Å². The Morgan fingerprint density at radius 1 is 1.25 bits per heavy atom. The van der Waals surface area contributed by atoms with E-state index in [-0.39, 0.29) is 5.56 Å². The summed E-state index contributed by atoms with van der Waals surface area (Å²) in [6, 6.07) is 5.96. The molecule has 0 saturated heterocycles. The molecule has 0 aliphatic rings. The van der Waals surface area contributed by atoms with E-state index in [1.54, 1.807) is 12.1 Å². The summed E-state index contributed by atoms with van der Waals surface area (Å²) in [4.78, 5) is 16.0. The first-order valence-electron chi connectivity index (χ1n) is 5.86. The Labute approximate surface area is 123 Å². The zero-order valence-corrected chi connectivity index (χ0v) is 12.1. The first-order chi connectivity index (χ1) is 9.50. The highest BCUT2D eigenvalue weighted by molar-refractivity contribution is 9.10. The van der Waals surface area contributed by atoms with E-state index in [0.29, 0.717) is 10.2 Å². The van der Waals surface area contributed by atoms with Gasteiger partial charge in [0.15, 0.2) is 0 Å². The maximum Gasteiger partial charge on any atom is 0.254 e. The fourth-order valence-electron chi connectivity index (χ4n) is 1.83. The van der Waals surface area contributed by atoms with Gasteiger partial charge >= 0.3 is 0 Å². The Kier molecular flexibility index (Phi) is 4.44. The Bertz CT molecular complexity index is 629. The Morgan fingerprint density at radius 2 is 1.90 bits per heavy atom. The van der Waals surface area contributed by atoms with Crippen molar-refractivity contribution in [1.82, 2.24) is 10.3 Å². The van der Waals surface area contributed by atoms with Gasteiger partial charge in [-0.2, -0.15) is 0 Å². The molecule has 1 atom stereocenters. The summed E-state index contributed by atoms with van der Waals surface area (Å²) >= 11 is 3.15. The van der Waals surface area contributed by atoms with Crippen molar-refractivity contribution in [2.24, 2.45) is 0 Å². The molecule has 1 amide bonds. The van der Waals surface area contributed by atoms with E-state index in [9.17, 15) is 13.6 Å². The van der Waals surface area contributed by atoms with Gasteiger partial charge in [-0.15, -0.1) is 0 Å². The molecule has 2 rings (SSSR count). The maximum atomic E-state index is 13.6. The molecule has 0 aliphatic carbocycles. The lowest BCUT2D eigenvalue weighted by Crippen LogP contribution is -2.28. The molecule has 0 aliphatic heterocycles. The molecular weight excluding hydrogens is 330 g/mol. The van der Waals surface area contributed by atoms with Crippen LogP contribution in [-0.4, -0.2) is 10.9 Å². The standard InChI is InChI=1S/C14H11BrF2N2O/c1-8(12-10(16)5-2-6-11(12)17)19-14(20)9-4-3-7-18-13(9)15/h2-8H,1H3,(H,19,20). The lowest BCUT2D eigenvalue weighted by atomic mass is 10.1. The summed E-state index contributed by atoms with van der Waals surface area (Å²) < 4.78 is 27.6. The SMILES string of the molecule is CC(NC(=O)c1cccnc1Br)c1c(F)cccc1F. The highest BCUT2D eigenvalue weighted by Gasteiger charge is 2.19. The first kappa shape index (κ1) is 14.6. The summed E-state index contributed by atoms with van der Waals surface area (Å²) in [5.41, 5.74) is 0.136. The molecule has 3 nitrogen and oxygen atoms in total. The minimum Gasteiger partial charge on any atom is -0.345 e. The summed E-state index contributed by atoms with van der Waals surface area (Å²) in [7, 11) is 0. The van der Waals surface area contributed by atoms with Gasteiger partial charge in [-0.25, -0.2) is 13.8 Å². The third kappa shape index (κ3) is 3.01. The van der Waals surface area contributed by atoms with Crippen LogP contribution in [0.3, 0.4) is 0 Å². The number of carbonyl (C=O) groups is 1. The van der Waals surface area contributed by atoms with Crippen molar-refractivity contribution >= 4 is 21.8 Å². The molecule has 0 bridgehead atoms. The molecule has 1 heterocycles. The number of nitrogens with zero attached hydrogens (tertiary/aromatic N) is 1. The molecule has 1 aromatic heterocycles. The van der Waals surface area contributed by atoms with E-state index in [2.05, 4.69) is 26.2 Å². The molecule has 0 saturated carbocycles. The minimum absolute atomic E-state index is 0.166. The molecule has 6 heteroatoms. The third-order valence-corrected chi connectivity index (χ3v) is 3.42. The van der Waals surface area contributed by atoms with Gasteiger partial charge in [0, 0.05) is 11.8 Å². The Balaban J connectivity index is 2.22. The molecule has 1 N–H and O–H groups in total. The van der Waals surface area contributed by atoms with Gasteiger partial charge in [0.25, 0.3) is 5.91 Å². The lowest BCUT2D eigenvalue weighted by molar-refractivity contribution is 0.0937. The van der Waals surface area contributed by atoms with Gasteiger partial charge in [0.05, 0.1) is 11.6 Å². The lowest BCUT2D eigenvalue weighted by Gasteiger charge is -2.16. The van der Waals surface area contributed by atoms with E-state index >= 15 is 0 Å². The van der Waals surface area contributed by atoms with Gasteiger partial charge in [0.2, 0.25) is 0 Å². The molecule has 20 heavy (non-hydrogen) atoms. The number of nitrogens with one attached hydrogen (secondary N) is 1. The van der Waals surface area contributed by atoms with Crippen LogP contribution >= 0.6 is 15.9 Å². The third-order valence-electron chi connectivity index (χ3n) is 2.78. The van der Waals surface area contributed by atoms with Crippen LogP contribution in [0.1, 0.15) is 28.9 Å². The van der Waals surface area contributed by atoms with E-state index in [0.717, 1.165) is 12.1 Å². The van der Waals surface area contributed by atoms with Crippen LogP contribution in [0.25, 0.3) is 0 Å². The van der Waals surface area contributed by atoms with E-state index in [1.807, 2.05) is 0 Å². The van der Waals surface area contributed by atoms with Crippen molar-refractivity contribution in [1.29, 1.82) is 0 Å². The quantitative estimate of drug-likeness (QED) is 0.867. The fourth-order valence-corrected chi connectivity index (χ4v) is 2.26. The molecule has 2 aromatic rings. The fraction of sp³-hybridized carbons (Fsp3) is 0.143. The Morgan fingerprint density at radius 3 is 2.50 bits per heavy atom. The van der Waals surface area contributed by atoms with Crippen LogP contribution in [-0.2, 0) is 0 Å². The monoisotopic (exact) mass is 340 g/mol. The number of benzene rings is 1. The molecule has 0 fully saturated rings. The topological polar surface area (TPSA) is 42.0 Å². The predicted molar refractivity (Wildman–Crippen MR) is 74.2 cm³/mol. The van der Waals surface area contributed by atoms with Gasteiger partial charge in [-0.1, -0.05) is 6.07 Å². The summed E-state index contributed by atoms with van der Waals surface area (Å²) in [6.45, 7) is 1.52. The van der Waals surface area contributed by atoms with Crippen LogP contribution in [0.5, 0.6) is 0 Å². The smallest absolute Gasteiger partial charge is 0.254 e. The number of amides is 1. The van der Waals surface area contributed by atoms with Crippen LogP contribution in [0.4, 0.5) is 8.78 Å². The summed E-state index contributed by atoms with van der Waals surface area (Å²) in [6.07, 6.45) is 1.53. The maximum absolute atomic E-state index is 13.6. The average Bonchev–Trinajstić information content (AvgIpc) is 2.38. The van der Waals surface area contributed by atoms with E-state index in [1.165, 1.54) is 19.2 Å². The van der Waals surface area contributed by atoms with Crippen LogP contribution in [0, 0.1) is 11.6 Å². The zero-order valence-electron chi connectivity index (χ0n) is 10.5. The average molecular weight is 341 g/mol. The zero-order chi connectivity index (χ0) is 14.7. The molecule has 1 aromatic carbocycles. The largest absolute Gasteiger partial charge is 0.345 e. The molecule has 0 spiro atoms. The summed E-state index contributed by atoms with van der Waals surface area (Å²) in [5.74, 6) is -1.84. The van der Waals surface area contributed by atoms with Crippen molar-refractivity contribution in [2.45, 2.75) is 13.0 Å². The number of halogens is 3. The number of pyridine rings is 1. The number of aromatic nitrogens is 1. The van der Waals surface area contributed by atoms with Crippen molar-refractivity contribution in [2.75, 3.05) is 0 Å². The molecule has 1 unspecified atom stereocenters.